The minimum Gasteiger partial charge on any atom is -0.587 e. The van der Waals surface area contributed by atoms with Crippen LogP contribution in [0.1, 0.15) is 0 Å². The fourth-order valence-electron chi connectivity index (χ4n) is 1.47. The molecule has 0 bridgehead atoms. The minimum atomic E-state index is -4.02. The van der Waals surface area contributed by atoms with Crippen molar-refractivity contribution in [1.29, 1.82) is 0 Å². The second kappa shape index (κ2) is 9.86. The van der Waals surface area contributed by atoms with Gasteiger partial charge in [0.05, 0.1) is 12.1 Å². The zero-order chi connectivity index (χ0) is 20.1. The SMILES string of the molecule is O=S(=O)([OH2+])c1ccc([OH2+])c(=[OH+])cc1.O=S(O)(=[OH+])c1ccc([OH2+])c(=[OH+])cc1.[Bi+3]. The van der Waals surface area contributed by atoms with Gasteiger partial charge in [-0.2, -0.15) is 4.21 Å². The van der Waals surface area contributed by atoms with Gasteiger partial charge >= 0.3 is 68.8 Å². The predicted octanol–water partition coefficient (Wildman–Crippen LogP) is -2.31. The molecule has 10 nitrogen and oxygen atoms in total. The smallest absolute Gasteiger partial charge is 0.587 e. The van der Waals surface area contributed by atoms with Gasteiger partial charge in [-0.25, -0.2) is 4.55 Å². The van der Waals surface area contributed by atoms with E-state index < -0.39 is 20.2 Å². The molecule has 0 aliphatic rings. The van der Waals surface area contributed by atoms with Crippen LogP contribution in [0.5, 0.6) is 11.5 Å². The second-order valence-electron chi connectivity index (χ2n) is 4.74. The van der Waals surface area contributed by atoms with Crippen LogP contribution in [0, 0.1) is 0 Å². The monoisotopic (exact) mass is 619 g/mol. The van der Waals surface area contributed by atoms with Crippen molar-refractivity contribution in [1.82, 2.24) is 0 Å². The first kappa shape index (κ1) is 25.1. The summed E-state index contributed by atoms with van der Waals surface area (Å²) >= 11 is 0. The van der Waals surface area contributed by atoms with Gasteiger partial charge in [0.2, 0.25) is 0 Å². The maximum atomic E-state index is 10.7. The largest absolute Gasteiger partial charge is 3.00 e. The molecule has 10 N–H and O–H groups in total. The van der Waals surface area contributed by atoms with Gasteiger partial charge in [-0.1, -0.05) is 0 Å². The van der Waals surface area contributed by atoms with Crippen molar-refractivity contribution in [3.8, 4) is 11.5 Å². The van der Waals surface area contributed by atoms with Gasteiger partial charge in [-0.3, -0.25) is 9.59 Å². The molecule has 13 heteroatoms. The van der Waals surface area contributed by atoms with Crippen LogP contribution in [0.15, 0.2) is 58.3 Å². The van der Waals surface area contributed by atoms with Gasteiger partial charge in [0.15, 0.2) is 0 Å². The van der Waals surface area contributed by atoms with E-state index in [4.69, 9.17) is 33.1 Å². The van der Waals surface area contributed by atoms with Crippen LogP contribution in [-0.4, -0.2) is 71.9 Å². The molecule has 142 valence electrons. The Kier molecular flexibility index (Phi) is 9.16. The van der Waals surface area contributed by atoms with E-state index >= 15 is 0 Å². The number of hydrogen-bond acceptors (Lipinski definition) is 3. The third kappa shape index (κ3) is 8.10. The summed E-state index contributed by atoms with van der Waals surface area (Å²) in [6.07, 6.45) is 0. The van der Waals surface area contributed by atoms with Crippen LogP contribution in [0.25, 0.3) is 0 Å². The maximum Gasteiger partial charge on any atom is 3.00 e. The Morgan fingerprint density at radius 2 is 1.07 bits per heavy atom. The molecule has 0 fully saturated rings. The van der Waals surface area contributed by atoms with E-state index in [0.29, 0.717) is 0 Å². The molecule has 0 aliphatic carbocycles. The number of hydrogen-bond donors (Lipinski definition) is 1. The van der Waals surface area contributed by atoms with E-state index in [9.17, 15) is 12.6 Å². The third-order valence-corrected chi connectivity index (χ3v) is 4.59. The van der Waals surface area contributed by atoms with Gasteiger partial charge in [0.1, 0.15) is 9.79 Å². The van der Waals surface area contributed by atoms with Crippen LogP contribution < -0.4 is 10.9 Å². The van der Waals surface area contributed by atoms with E-state index in [2.05, 4.69) is 0 Å². The Morgan fingerprint density at radius 3 is 1.44 bits per heavy atom. The van der Waals surface area contributed by atoms with E-state index in [1.165, 1.54) is 0 Å². The minimum absolute atomic E-state index is 0. The molecular weight excluding hydrogens is 601 g/mol. The maximum absolute atomic E-state index is 10.7. The first-order chi connectivity index (χ1) is 11.8. The fourth-order valence-corrected chi connectivity index (χ4v) is 2.46. The summed E-state index contributed by atoms with van der Waals surface area (Å²) in [4.78, 5) is 17.6. The molecule has 0 saturated heterocycles. The number of rotatable bonds is 2. The fraction of sp³-hybridized carbons (Fsp3) is 0. The molecule has 2 aromatic carbocycles. The molecule has 0 heterocycles. The van der Waals surface area contributed by atoms with E-state index in [1.807, 2.05) is 0 Å². The summed E-state index contributed by atoms with van der Waals surface area (Å²) in [7, 11) is -8.05. The average molecular weight is 619 g/mol. The normalized spacial score (nSPS) is 12.5. The summed E-state index contributed by atoms with van der Waals surface area (Å²) in [5.74, 6) is -0.371. The topological polar surface area (TPSA) is 204 Å². The van der Waals surface area contributed by atoms with Gasteiger partial charge < -0.3 is 14.8 Å². The first-order valence-corrected chi connectivity index (χ1v) is 9.52. The molecule has 1 atom stereocenters. The van der Waals surface area contributed by atoms with Gasteiger partial charge in [0.25, 0.3) is 0 Å². The molecule has 2 aromatic rings. The van der Waals surface area contributed by atoms with Crippen LogP contribution in [-0.2, 0) is 20.2 Å². The molecule has 2 rings (SSSR count). The summed E-state index contributed by atoms with van der Waals surface area (Å²) in [5, 5.41) is 14.3. The van der Waals surface area contributed by atoms with E-state index in [0.717, 1.165) is 48.5 Å². The van der Waals surface area contributed by atoms with Crippen LogP contribution in [0.2, 0.25) is 0 Å². The summed E-state index contributed by atoms with van der Waals surface area (Å²) in [5.41, 5.74) is -0.648. The summed E-state index contributed by atoms with van der Waals surface area (Å²) in [6.45, 7) is 0. The molecule has 1 unspecified atom stereocenters. The van der Waals surface area contributed by atoms with Crippen LogP contribution >= 0.6 is 0 Å². The summed E-state index contributed by atoms with van der Waals surface area (Å²) in [6, 6.07) is 8.75. The molecule has 0 spiro atoms. The molecule has 0 aromatic heterocycles. The van der Waals surface area contributed by atoms with E-state index in [-0.39, 0.29) is 58.4 Å². The van der Waals surface area contributed by atoms with Gasteiger partial charge in [-0.05, 0) is 24.3 Å². The van der Waals surface area contributed by atoms with Crippen LogP contribution in [0.4, 0.5) is 0 Å². The van der Waals surface area contributed by atoms with Gasteiger partial charge in [-0.15, -0.1) is 12.6 Å². The quantitative estimate of drug-likeness (QED) is 0.224. The van der Waals surface area contributed by atoms with E-state index in [1.54, 1.807) is 0 Å². The molecule has 0 saturated carbocycles. The Morgan fingerprint density at radius 1 is 0.741 bits per heavy atom. The third-order valence-electron chi connectivity index (χ3n) is 2.81. The van der Waals surface area contributed by atoms with Crippen molar-refractivity contribution in [3.63, 3.8) is 0 Å². The predicted molar refractivity (Wildman–Crippen MR) is 96.7 cm³/mol. The standard InChI is InChI=1S/2C7H6O5S.Bi/c2*8-6-3-1-5(13(10,11)12)2-4-7(6)9;/h2*1-4H,(H,8,9)(H,10,11,12);/q;;+3/p+6. The van der Waals surface area contributed by atoms with Crippen molar-refractivity contribution < 1.29 is 45.7 Å². The summed E-state index contributed by atoms with van der Waals surface area (Å²) < 4.78 is 56.3. The zero-order valence-electron chi connectivity index (χ0n) is 13.4. The molecule has 27 heavy (non-hydrogen) atoms. The van der Waals surface area contributed by atoms with Crippen molar-refractivity contribution >= 4 is 46.4 Å². The van der Waals surface area contributed by atoms with Crippen molar-refractivity contribution in [2.45, 2.75) is 9.79 Å². The van der Waals surface area contributed by atoms with Crippen LogP contribution in [0.3, 0.4) is 0 Å². The Hall–Kier alpha value is -1.92. The Labute approximate surface area is 172 Å². The van der Waals surface area contributed by atoms with Crippen molar-refractivity contribution in [3.05, 3.63) is 59.4 Å². The van der Waals surface area contributed by atoms with Crippen molar-refractivity contribution in [2.24, 2.45) is 0 Å². The Bertz CT molecular complexity index is 1050. The van der Waals surface area contributed by atoms with Crippen molar-refractivity contribution in [2.75, 3.05) is 0 Å². The molecule has 0 amide bonds. The van der Waals surface area contributed by atoms with Gasteiger partial charge in [0, 0.05) is 12.1 Å². The zero-order valence-corrected chi connectivity index (χ0v) is 18.5. The average Bonchev–Trinajstić information content (AvgIpc) is 2.78. The second-order valence-corrected chi connectivity index (χ2v) is 7.68. The molecule has 0 aliphatic heterocycles. The molecular formula is C14H18BiO10S2+9. The first-order valence-electron chi connectivity index (χ1n) is 6.57. The molecule has 2 radical (unpaired) electrons. The Balaban J connectivity index is 0.000000483.